The van der Waals surface area contributed by atoms with Crippen molar-refractivity contribution in [2.45, 2.75) is 63.7 Å². The highest BCUT2D eigenvalue weighted by Gasteiger charge is 2.39. The summed E-state index contributed by atoms with van der Waals surface area (Å²) in [5.74, 6) is 1.40. The molecule has 2 heterocycles. The van der Waals surface area contributed by atoms with Crippen LogP contribution in [0.25, 0.3) is 0 Å². The van der Waals surface area contributed by atoms with Crippen molar-refractivity contribution in [1.82, 2.24) is 15.9 Å². The van der Waals surface area contributed by atoms with Crippen molar-refractivity contribution in [3.8, 4) is 0 Å². The Morgan fingerprint density at radius 3 is 2.51 bits per heavy atom. The van der Waals surface area contributed by atoms with Crippen LogP contribution in [-0.2, 0) is 29.5 Å². The smallest absolute Gasteiger partial charge is 0.278 e. The average Bonchev–Trinajstić information content (AvgIpc) is 3.56. The van der Waals surface area contributed by atoms with Crippen molar-refractivity contribution in [1.29, 1.82) is 0 Å². The topological polar surface area (TPSA) is 113 Å². The highest BCUT2D eigenvalue weighted by molar-refractivity contribution is 7.99. The summed E-state index contributed by atoms with van der Waals surface area (Å²) in [7, 11) is 1.51. The van der Waals surface area contributed by atoms with Gasteiger partial charge in [0.1, 0.15) is 12.9 Å². The standard InChI is InChI=1S/C42H59N5O5S3/c1-31(52-45-39(49)18-13-23-48)30-51-46(6)40(50)32(28-43-21-14-24-53-7)26-33-29-44-37(41(33,2)3)16-11-10-12-17-38-42(4,5)35-27-34(55-9)19-20-36(35)47(38)22-15-25-54-8/h10-12,16-17,19-20,23,26-28,43H,1,13-15,18,21-22,24-25,29-30H2,2-9H3,(H,45,49)/b12-10+,16-11+,32-28+,33-26+,38-17+. The fourth-order valence-electron chi connectivity index (χ4n) is 6.13. The summed E-state index contributed by atoms with van der Waals surface area (Å²) >= 11 is 5.43. The van der Waals surface area contributed by atoms with Crippen molar-refractivity contribution in [2.75, 3.05) is 68.5 Å². The Balaban J connectivity index is 1.73. The van der Waals surface area contributed by atoms with Crippen LogP contribution in [-0.4, -0.2) is 92.4 Å². The van der Waals surface area contributed by atoms with Gasteiger partial charge in [0.05, 0.1) is 12.1 Å². The lowest BCUT2D eigenvalue weighted by Gasteiger charge is -2.27. The number of amides is 2. The number of benzene rings is 1. The minimum absolute atomic E-state index is 0.000256. The monoisotopic (exact) mass is 809 g/mol. The third-order valence-corrected chi connectivity index (χ3v) is 11.5. The fourth-order valence-corrected chi connectivity index (χ4v) is 7.42. The molecule has 0 unspecified atom stereocenters. The number of anilines is 1. The van der Waals surface area contributed by atoms with Gasteiger partial charge in [0.25, 0.3) is 11.8 Å². The van der Waals surface area contributed by atoms with Crippen molar-refractivity contribution < 1.29 is 24.1 Å². The highest BCUT2D eigenvalue weighted by Crippen LogP contribution is 2.48. The van der Waals surface area contributed by atoms with Crippen molar-refractivity contribution in [3.05, 3.63) is 95.6 Å². The number of fused-ring (bicyclic) bond motifs is 1. The van der Waals surface area contributed by atoms with Crippen LogP contribution in [0.3, 0.4) is 0 Å². The summed E-state index contributed by atoms with van der Waals surface area (Å²) < 4.78 is 0. The first-order valence-corrected chi connectivity index (χ1v) is 22.5. The van der Waals surface area contributed by atoms with E-state index < -0.39 is 11.3 Å². The van der Waals surface area contributed by atoms with Crippen LogP contribution in [0.15, 0.2) is 99.9 Å². The lowest BCUT2D eigenvalue weighted by Crippen LogP contribution is -2.31. The van der Waals surface area contributed by atoms with Crippen LogP contribution in [0.4, 0.5) is 5.69 Å². The van der Waals surface area contributed by atoms with Crippen LogP contribution in [0.5, 0.6) is 0 Å². The number of allylic oxidation sites excluding steroid dienone is 6. The van der Waals surface area contributed by atoms with E-state index >= 15 is 0 Å². The van der Waals surface area contributed by atoms with E-state index in [4.69, 9.17) is 14.7 Å². The first-order valence-electron chi connectivity index (χ1n) is 18.5. The van der Waals surface area contributed by atoms with Crippen LogP contribution in [0, 0.1) is 5.41 Å². The molecule has 1 aromatic rings. The molecule has 1 aromatic carbocycles. The molecule has 2 aliphatic heterocycles. The molecule has 2 N–H and O–H groups in total. The Morgan fingerprint density at radius 1 is 1.05 bits per heavy atom. The molecule has 0 aliphatic carbocycles. The van der Waals surface area contributed by atoms with Gasteiger partial charge in [-0.2, -0.15) is 29.0 Å². The molecule has 0 spiro atoms. The summed E-state index contributed by atoms with van der Waals surface area (Å²) in [4.78, 5) is 55.2. The summed E-state index contributed by atoms with van der Waals surface area (Å²) in [5.41, 5.74) is 7.99. The molecule has 2 amide bonds. The molecule has 2 aliphatic rings. The number of hydrogen-bond donors (Lipinski definition) is 2. The van der Waals surface area contributed by atoms with Gasteiger partial charge in [-0.1, -0.05) is 52.5 Å². The Morgan fingerprint density at radius 2 is 1.80 bits per heavy atom. The summed E-state index contributed by atoms with van der Waals surface area (Å²) in [6, 6.07) is 6.84. The van der Waals surface area contributed by atoms with Crippen LogP contribution in [0.1, 0.15) is 58.9 Å². The maximum atomic E-state index is 13.6. The third kappa shape index (κ3) is 13.2. The van der Waals surface area contributed by atoms with Crippen LogP contribution in [0.2, 0.25) is 0 Å². The van der Waals surface area contributed by atoms with Gasteiger partial charge in [0, 0.05) is 72.0 Å². The summed E-state index contributed by atoms with van der Waals surface area (Å²) in [5, 5.41) is 4.40. The number of carbonyl (C=O) groups is 3. The SMILES string of the molecule is C=C(CON(C)C(=O)C(/C=C1\CN=C(/C=C/C=C/C=C2/N(CCCSC)c3ccc(SC)cc3C2(C)C)C1(C)C)=C/NCCCSC)ONC(=O)CCC=O. The average molecular weight is 810 g/mol. The molecule has 55 heavy (non-hydrogen) atoms. The molecule has 0 saturated carbocycles. The summed E-state index contributed by atoms with van der Waals surface area (Å²) in [6.45, 7) is 14.6. The van der Waals surface area contributed by atoms with Gasteiger partial charge in [0.2, 0.25) is 0 Å². The predicted molar refractivity (Wildman–Crippen MR) is 234 cm³/mol. The van der Waals surface area contributed by atoms with Gasteiger partial charge in [-0.25, -0.2) is 5.06 Å². The van der Waals surface area contributed by atoms with E-state index in [9.17, 15) is 14.4 Å². The Bertz CT molecular complexity index is 1700. The third-order valence-electron chi connectivity index (χ3n) is 9.43. The minimum Gasteiger partial charge on any atom is -0.390 e. The molecule has 0 bridgehead atoms. The lowest BCUT2D eigenvalue weighted by atomic mass is 9.80. The maximum absolute atomic E-state index is 13.6. The zero-order valence-corrected chi connectivity index (χ0v) is 36.2. The van der Waals surface area contributed by atoms with Crippen molar-refractivity contribution in [3.63, 3.8) is 0 Å². The largest absolute Gasteiger partial charge is 0.390 e. The molecule has 13 heteroatoms. The second-order valence-corrected chi connectivity index (χ2v) is 17.0. The maximum Gasteiger partial charge on any atom is 0.278 e. The first-order chi connectivity index (χ1) is 26.3. The molecule has 300 valence electrons. The van der Waals surface area contributed by atoms with E-state index in [2.05, 4.69) is 111 Å². The van der Waals surface area contributed by atoms with E-state index in [-0.39, 0.29) is 36.5 Å². The number of likely N-dealkylation sites (N-methyl/N-ethyl adjacent to an activating group) is 1. The number of rotatable bonds is 23. The van der Waals surface area contributed by atoms with E-state index in [0.29, 0.717) is 24.9 Å². The zero-order valence-electron chi connectivity index (χ0n) is 33.7. The van der Waals surface area contributed by atoms with Gasteiger partial charge < -0.3 is 19.8 Å². The molecule has 3 rings (SSSR count). The van der Waals surface area contributed by atoms with Crippen LogP contribution < -0.4 is 15.7 Å². The van der Waals surface area contributed by atoms with Gasteiger partial charge in [-0.3, -0.25) is 19.4 Å². The Labute approximate surface area is 341 Å². The quantitative estimate of drug-likeness (QED) is 0.0216. The molecule has 0 radical (unpaired) electrons. The van der Waals surface area contributed by atoms with Gasteiger partial charge >= 0.3 is 0 Å². The first kappa shape index (κ1) is 45.7. The second kappa shape index (κ2) is 22.8. The number of nitrogens with zero attached hydrogens (tertiary/aromatic N) is 3. The number of nitrogens with one attached hydrogen (secondary N) is 2. The number of thioether (sulfide) groups is 3. The van der Waals surface area contributed by atoms with Gasteiger partial charge in [0.15, 0.2) is 5.76 Å². The van der Waals surface area contributed by atoms with Crippen molar-refractivity contribution in [2.24, 2.45) is 10.4 Å². The molecule has 0 saturated heterocycles. The number of hydrogen-bond acceptors (Lipinski definition) is 11. The number of aliphatic imine (C=N–C) groups is 1. The van der Waals surface area contributed by atoms with Crippen molar-refractivity contribution >= 4 is 64.8 Å². The van der Waals surface area contributed by atoms with Gasteiger partial charge in [-0.15, -0.1) is 11.8 Å². The highest BCUT2D eigenvalue weighted by atomic mass is 32.2. The van der Waals surface area contributed by atoms with E-state index in [1.807, 2.05) is 23.9 Å². The summed E-state index contributed by atoms with van der Waals surface area (Å²) in [6.07, 6.45) is 23.3. The molecule has 0 fully saturated rings. The number of aldehydes is 1. The van der Waals surface area contributed by atoms with E-state index in [1.165, 1.54) is 28.9 Å². The number of carbonyl (C=O) groups excluding carboxylic acids is 3. The molecule has 0 aromatic heterocycles. The predicted octanol–water partition coefficient (Wildman–Crippen LogP) is 7.82. The molecular formula is C42H59N5O5S3. The molecule has 10 nitrogen and oxygen atoms in total. The van der Waals surface area contributed by atoms with E-state index in [1.54, 1.807) is 29.7 Å². The van der Waals surface area contributed by atoms with Crippen LogP contribution >= 0.6 is 35.3 Å². The number of hydroxylamine groups is 3. The fraction of sp³-hybridized carbons (Fsp3) is 0.476. The molecular weight excluding hydrogens is 751 g/mol. The van der Waals surface area contributed by atoms with E-state index in [0.717, 1.165) is 47.2 Å². The second-order valence-electron chi connectivity index (χ2n) is 14.1. The lowest BCUT2D eigenvalue weighted by molar-refractivity contribution is -0.174. The molecule has 0 atom stereocenters. The normalized spacial score (nSPS) is 17.6. The Kier molecular flexibility index (Phi) is 19.0. The minimum atomic E-state index is -0.459. The van der Waals surface area contributed by atoms with Gasteiger partial charge in [-0.05, 0) is 90.7 Å². The Hall–Kier alpha value is -3.65. The zero-order chi connectivity index (χ0) is 40.4.